The van der Waals surface area contributed by atoms with Crippen molar-refractivity contribution in [1.82, 2.24) is 10.3 Å². The van der Waals surface area contributed by atoms with Gasteiger partial charge in [-0.1, -0.05) is 72.8 Å². The number of nitrogens with one attached hydrogen (secondary N) is 1. The van der Waals surface area contributed by atoms with E-state index in [-0.39, 0.29) is 18.7 Å². The molecule has 0 radical (unpaired) electrons. The molecule has 0 bridgehead atoms. The van der Waals surface area contributed by atoms with E-state index in [9.17, 15) is 4.79 Å². The molecule has 5 nitrogen and oxygen atoms in total. The van der Waals surface area contributed by atoms with E-state index < -0.39 is 6.09 Å². The lowest BCUT2D eigenvalue weighted by Gasteiger charge is -2.16. The highest BCUT2D eigenvalue weighted by Crippen LogP contribution is 2.08. The number of thiazole rings is 1. The molecule has 2 aromatic carbocycles. The van der Waals surface area contributed by atoms with Crippen LogP contribution in [0.5, 0.6) is 0 Å². The quantitative estimate of drug-likeness (QED) is 0.524. The van der Waals surface area contributed by atoms with E-state index in [0.717, 1.165) is 17.0 Å². The molecule has 1 amide bonds. The van der Waals surface area contributed by atoms with Crippen LogP contribution in [-0.2, 0) is 24.2 Å². The summed E-state index contributed by atoms with van der Waals surface area (Å²) in [5.41, 5.74) is 8.57. The first-order valence-corrected chi connectivity index (χ1v) is 10.4. The van der Waals surface area contributed by atoms with E-state index in [1.54, 1.807) is 6.20 Å². The molecule has 3 N–H and O–H groups in total. The second-order valence-electron chi connectivity index (χ2n) is 6.68. The molecule has 150 valence electrons. The van der Waals surface area contributed by atoms with Crippen LogP contribution < -0.4 is 11.1 Å². The van der Waals surface area contributed by atoms with Gasteiger partial charge in [0.15, 0.2) is 0 Å². The fourth-order valence-electron chi connectivity index (χ4n) is 2.91. The van der Waals surface area contributed by atoms with E-state index in [0.29, 0.717) is 6.42 Å². The minimum Gasteiger partial charge on any atom is -0.442 e. The van der Waals surface area contributed by atoms with Crippen molar-refractivity contribution in [1.29, 1.82) is 0 Å². The number of amides is 1. The third-order valence-corrected chi connectivity index (χ3v) is 5.07. The molecule has 3 aromatic rings. The van der Waals surface area contributed by atoms with Gasteiger partial charge in [0.1, 0.15) is 11.6 Å². The zero-order valence-electron chi connectivity index (χ0n) is 16.1. The maximum atomic E-state index is 12.3. The average Bonchev–Trinajstić information content (AvgIpc) is 3.26. The van der Waals surface area contributed by atoms with Gasteiger partial charge in [-0.05, 0) is 24.0 Å². The number of alkyl carbamates (subject to hydrolysis) is 1. The molecule has 29 heavy (non-hydrogen) atoms. The monoisotopic (exact) mass is 407 g/mol. The van der Waals surface area contributed by atoms with Gasteiger partial charge in [-0.15, -0.1) is 11.3 Å². The maximum absolute atomic E-state index is 12.3. The molecule has 6 heteroatoms. The Balaban J connectivity index is 1.59. The highest BCUT2D eigenvalue weighted by Gasteiger charge is 2.13. The molecule has 0 aliphatic rings. The molecule has 0 spiro atoms. The lowest BCUT2D eigenvalue weighted by Crippen LogP contribution is -2.36. The molecule has 1 aromatic heterocycles. The molecule has 0 unspecified atom stereocenters. The fraction of sp³-hybridized carbons (Fsp3) is 0.217. The number of aromatic nitrogens is 1. The van der Waals surface area contributed by atoms with E-state index in [1.165, 1.54) is 16.9 Å². The average molecular weight is 408 g/mol. The summed E-state index contributed by atoms with van der Waals surface area (Å²) in [5.74, 6) is 0. The first kappa shape index (κ1) is 20.8. The third kappa shape index (κ3) is 7.52. The summed E-state index contributed by atoms with van der Waals surface area (Å²) in [5, 5.41) is 5.54. The third-order valence-electron chi connectivity index (χ3n) is 4.32. The summed E-state index contributed by atoms with van der Waals surface area (Å²) >= 11 is 1.45. The van der Waals surface area contributed by atoms with Crippen LogP contribution in [0.2, 0.25) is 0 Å². The predicted octanol–water partition coefficient (Wildman–Crippen LogP) is 4.11. The standard InChI is InChI=1S/C23H25N3O2S/c24-20(15-18-7-3-1-4-8-18)11-12-21(16-19-9-5-2-6-10-19)26-23(27)28-17-22-25-13-14-29-22/h1-14,20-21H,15-17,24H2,(H,26,27)/b12-11+/t20-,21-/m1/s1. The van der Waals surface area contributed by atoms with E-state index >= 15 is 0 Å². The molecule has 3 rings (SSSR count). The first-order valence-electron chi connectivity index (χ1n) is 9.52. The Hall–Kier alpha value is -2.96. The smallest absolute Gasteiger partial charge is 0.408 e. The Bertz CT molecular complexity index is 883. The largest absolute Gasteiger partial charge is 0.442 e. The molecule has 0 saturated carbocycles. The summed E-state index contributed by atoms with van der Waals surface area (Å²) < 4.78 is 5.29. The molecule has 2 atom stereocenters. The second-order valence-corrected chi connectivity index (χ2v) is 7.66. The van der Waals surface area contributed by atoms with Gasteiger partial charge < -0.3 is 15.8 Å². The number of nitrogens with zero attached hydrogens (tertiary/aromatic N) is 1. The van der Waals surface area contributed by atoms with E-state index in [4.69, 9.17) is 10.5 Å². The van der Waals surface area contributed by atoms with Gasteiger partial charge >= 0.3 is 6.09 Å². The van der Waals surface area contributed by atoms with Crippen molar-refractivity contribution in [3.8, 4) is 0 Å². The number of carbonyl (C=O) groups is 1. The van der Waals surface area contributed by atoms with Crippen molar-refractivity contribution >= 4 is 17.4 Å². The molecule has 0 fully saturated rings. The summed E-state index contributed by atoms with van der Waals surface area (Å²) in [4.78, 5) is 16.4. The number of hydrogen-bond donors (Lipinski definition) is 2. The van der Waals surface area contributed by atoms with Crippen LogP contribution in [-0.4, -0.2) is 23.2 Å². The van der Waals surface area contributed by atoms with E-state index in [1.807, 2.05) is 66.1 Å². The molecular weight excluding hydrogens is 382 g/mol. The van der Waals surface area contributed by atoms with Gasteiger partial charge in [-0.3, -0.25) is 0 Å². The van der Waals surface area contributed by atoms with Crippen molar-refractivity contribution in [2.75, 3.05) is 0 Å². The summed E-state index contributed by atoms with van der Waals surface area (Å²) in [7, 11) is 0. The van der Waals surface area contributed by atoms with Crippen molar-refractivity contribution < 1.29 is 9.53 Å². The lowest BCUT2D eigenvalue weighted by atomic mass is 10.0. The first-order chi connectivity index (χ1) is 14.2. The van der Waals surface area contributed by atoms with Gasteiger partial charge in [0.05, 0.1) is 6.04 Å². The van der Waals surface area contributed by atoms with Crippen LogP contribution >= 0.6 is 11.3 Å². The summed E-state index contributed by atoms with van der Waals surface area (Å²) in [6, 6.07) is 19.8. The van der Waals surface area contributed by atoms with Crippen molar-refractivity contribution in [3.05, 3.63) is 101 Å². The Kier molecular flexibility index (Phi) is 7.98. The van der Waals surface area contributed by atoms with Gasteiger partial charge in [0.2, 0.25) is 0 Å². The van der Waals surface area contributed by atoms with Gasteiger partial charge in [-0.2, -0.15) is 0 Å². The van der Waals surface area contributed by atoms with Crippen LogP contribution in [0.25, 0.3) is 0 Å². The van der Waals surface area contributed by atoms with Gasteiger partial charge in [0.25, 0.3) is 0 Å². The maximum Gasteiger partial charge on any atom is 0.408 e. The van der Waals surface area contributed by atoms with Crippen molar-refractivity contribution in [2.24, 2.45) is 5.73 Å². The molecular formula is C23H25N3O2S. The second kappa shape index (κ2) is 11.1. The number of hydrogen-bond acceptors (Lipinski definition) is 5. The van der Waals surface area contributed by atoms with Gasteiger partial charge in [0, 0.05) is 17.6 Å². The summed E-state index contributed by atoms with van der Waals surface area (Å²) in [6.07, 6.45) is 6.51. The molecule has 0 aliphatic heterocycles. The minimum atomic E-state index is -0.470. The minimum absolute atomic E-state index is 0.135. The zero-order valence-corrected chi connectivity index (χ0v) is 16.9. The zero-order chi connectivity index (χ0) is 20.3. The van der Waals surface area contributed by atoms with E-state index in [2.05, 4.69) is 22.4 Å². The number of carbonyl (C=O) groups excluding carboxylic acids is 1. The molecule has 0 saturated heterocycles. The van der Waals surface area contributed by atoms with Crippen LogP contribution in [0.4, 0.5) is 4.79 Å². The van der Waals surface area contributed by atoms with Crippen LogP contribution in [0, 0.1) is 0 Å². The number of rotatable bonds is 9. The fourth-order valence-corrected chi connectivity index (χ4v) is 3.44. The predicted molar refractivity (Wildman–Crippen MR) is 117 cm³/mol. The Morgan fingerprint density at radius 3 is 2.31 bits per heavy atom. The van der Waals surface area contributed by atoms with Gasteiger partial charge in [-0.25, -0.2) is 9.78 Å². The summed E-state index contributed by atoms with van der Waals surface area (Å²) in [6.45, 7) is 0.165. The molecule has 1 heterocycles. The Morgan fingerprint density at radius 1 is 1.03 bits per heavy atom. The number of ether oxygens (including phenoxy) is 1. The lowest BCUT2D eigenvalue weighted by molar-refractivity contribution is 0.137. The van der Waals surface area contributed by atoms with Crippen LogP contribution in [0.3, 0.4) is 0 Å². The Labute approximate surface area is 175 Å². The highest BCUT2D eigenvalue weighted by molar-refractivity contribution is 7.09. The normalized spacial score (nSPS) is 13.1. The van der Waals surface area contributed by atoms with Crippen molar-refractivity contribution in [3.63, 3.8) is 0 Å². The SMILES string of the molecule is N[C@H](/C=C/[C@H](Cc1ccccc1)NC(=O)OCc1nccs1)Cc1ccccc1. The number of nitrogens with two attached hydrogens (primary N) is 1. The van der Waals surface area contributed by atoms with Crippen molar-refractivity contribution in [2.45, 2.75) is 31.5 Å². The van der Waals surface area contributed by atoms with Crippen LogP contribution in [0.15, 0.2) is 84.4 Å². The highest BCUT2D eigenvalue weighted by atomic mass is 32.1. The topological polar surface area (TPSA) is 77.2 Å². The molecule has 0 aliphatic carbocycles. The van der Waals surface area contributed by atoms with Crippen LogP contribution in [0.1, 0.15) is 16.1 Å². The Morgan fingerprint density at radius 2 is 1.69 bits per heavy atom. The number of benzene rings is 2.